The molecule has 4 rings (SSSR count). The molecule has 0 saturated heterocycles. The summed E-state index contributed by atoms with van der Waals surface area (Å²) in [5.41, 5.74) is 2.34. The second kappa shape index (κ2) is 6.14. The first kappa shape index (κ1) is 16.1. The minimum Gasteiger partial charge on any atom is -0.377 e. The van der Waals surface area contributed by atoms with Crippen LogP contribution in [0.25, 0.3) is 0 Å². The molecule has 1 aliphatic heterocycles. The summed E-state index contributed by atoms with van der Waals surface area (Å²) >= 11 is 0. The van der Waals surface area contributed by atoms with Gasteiger partial charge in [-0.1, -0.05) is 6.07 Å². The van der Waals surface area contributed by atoms with Crippen molar-refractivity contribution >= 4 is 28.9 Å². The summed E-state index contributed by atoms with van der Waals surface area (Å²) in [6.07, 6.45) is 1.98. The summed E-state index contributed by atoms with van der Waals surface area (Å²) in [7, 11) is 0. The normalized spacial score (nSPS) is 15.2. The molecule has 0 unspecified atom stereocenters. The predicted molar refractivity (Wildman–Crippen MR) is 95.3 cm³/mol. The zero-order chi connectivity index (χ0) is 18.3. The first-order valence-corrected chi connectivity index (χ1v) is 8.29. The van der Waals surface area contributed by atoms with Gasteiger partial charge in [0.25, 0.3) is 17.5 Å². The number of hydrogen-bond acceptors (Lipinski definition) is 5. The highest BCUT2D eigenvalue weighted by atomic mass is 16.6. The summed E-state index contributed by atoms with van der Waals surface area (Å²) in [6, 6.07) is 9.72. The van der Waals surface area contributed by atoms with Crippen LogP contribution in [0.1, 0.15) is 39.1 Å². The molecule has 8 heteroatoms. The summed E-state index contributed by atoms with van der Waals surface area (Å²) in [5.74, 6) is -0.647. The van der Waals surface area contributed by atoms with Gasteiger partial charge in [-0.05, 0) is 42.7 Å². The Balaban J connectivity index is 1.56. The molecule has 8 nitrogen and oxygen atoms in total. The van der Waals surface area contributed by atoms with Crippen molar-refractivity contribution in [2.24, 2.45) is 0 Å². The predicted octanol–water partition coefficient (Wildman–Crippen LogP) is 2.66. The quantitative estimate of drug-likeness (QED) is 0.565. The van der Waals surface area contributed by atoms with E-state index in [0.717, 1.165) is 18.4 Å². The fourth-order valence-electron chi connectivity index (χ4n) is 2.89. The van der Waals surface area contributed by atoms with Gasteiger partial charge in [0, 0.05) is 35.5 Å². The van der Waals surface area contributed by atoms with Crippen LogP contribution in [-0.2, 0) is 6.54 Å². The number of fused-ring (bicyclic) bond motifs is 1. The van der Waals surface area contributed by atoms with E-state index in [1.165, 1.54) is 6.07 Å². The van der Waals surface area contributed by atoms with E-state index in [1.807, 2.05) is 0 Å². The van der Waals surface area contributed by atoms with Crippen molar-refractivity contribution in [3.8, 4) is 0 Å². The number of nitro groups is 1. The molecular weight excluding hydrogens is 336 g/mol. The molecule has 0 bridgehead atoms. The number of amides is 2. The van der Waals surface area contributed by atoms with Gasteiger partial charge in [0.2, 0.25) is 0 Å². The molecule has 0 aromatic heterocycles. The number of nitrogens with one attached hydrogen (secondary N) is 3. The van der Waals surface area contributed by atoms with Gasteiger partial charge in [-0.3, -0.25) is 19.7 Å². The van der Waals surface area contributed by atoms with E-state index in [9.17, 15) is 19.7 Å². The van der Waals surface area contributed by atoms with Crippen LogP contribution in [0.4, 0.5) is 17.1 Å². The molecule has 2 aromatic rings. The van der Waals surface area contributed by atoms with Gasteiger partial charge < -0.3 is 16.0 Å². The monoisotopic (exact) mass is 352 g/mol. The maximum absolute atomic E-state index is 12.5. The summed E-state index contributed by atoms with van der Waals surface area (Å²) in [6.45, 7) is 0.476. The standard InChI is InChI=1S/C18H16N4O4/c23-17(21-13-3-1-11-9-19-18(24)14(11)8-13)10-2-6-15(20-12-4-5-12)16(7-10)22(25)26/h1-3,6-8,12,20H,4-5,9H2,(H,19,24)(H,21,23). The van der Waals surface area contributed by atoms with E-state index < -0.39 is 10.8 Å². The van der Waals surface area contributed by atoms with Crippen molar-refractivity contribution in [2.75, 3.05) is 10.6 Å². The maximum Gasteiger partial charge on any atom is 0.293 e. The lowest BCUT2D eigenvalue weighted by molar-refractivity contribution is -0.384. The lowest BCUT2D eigenvalue weighted by Crippen LogP contribution is -2.14. The number of rotatable bonds is 5. The Morgan fingerprint density at radius 3 is 2.73 bits per heavy atom. The van der Waals surface area contributed by atoms with Crippen LogP contribution in [0, 0.1) is 10.1 Å². The maximum atomic E-state index is 12.5. The van der Waals surface area contributed by atoms with Crippen LogP contribution >= 0.6 is 0 Å². The number of benzene rings is 2. The Morgan fingerprint density at radius 1 is 1.19 bits per heavy atom. The highest BCUT2D eigenvalue weighted by molar-refractivity contribution is 6.06. The van der Waals surface area contributed by atoms with E-state index in [0.29, 0.717) is 23.5 Å². The molecule has 1 fully saturated rings. The Kier molecular flexibility index (Phi) is 3.80. The largest absolute Gasteiger partial charge is 0.377 e. The molecule has 1 heterocycles. The third kappa shape index (κ3) is 3.08. The van der Waals surface area contributed by atoms with Gasteiger partial charge in [-0.15, -0.1) is 0 Å². The average Bonchev–Trinajstić information content (AvgIpc) is 3.37. The molecule has 0 radical (unpaired) electrons. The molecule has 1 aliphatic carbocycles. The molecule has 0 spiro atoms. The highest BCUT2D eigenvalue weighted by Crippen LogP contribution is 2.31. The van der Waals surface area contributed by atoms with Gasteiger partial charge in [-0.2, -0.15) is 0 Å². The summed E-state index contributed by atoms with van der Waals surface area (Å²) < 4.78 is 0. The summed E-state index contributed by atoms with van der Waals surface area (Å²) in [5, 5.41) is 19.8. The number of anilines is 2. The molecule has 3 N–H and O–H groups in total. The number of nitro benzene ring substituents is 1. The highest BCUT2D eigenvalue weighted by Gasteiger charge is 2.26. The van der Waals surface area contributed by atoms with Gasteiger partial charge in [-0.25, -0.2) is 0 Å². The lowest BCUT2D eigenvalue weighted by Gasteiger charge is -2.09. The van der Waals surface area contributed by atoms with Gasteiger partial charge >= 0.3 is 0 Å². The zero-order valence-electron chi connectivity index (χ0n) is 13.7. The molecule has 2 aromatic carbocycles. The van der Waals surface area contributed by atoms with E-state index in [1.54, 1.807) is 30.3 Å². The van der Waals surface area contributed by atoms with Crippen molar-refractivity contribution < 1.29 is 14.5 Å². The lowest BCUT2D eigenvalue weighted by atomic mass is 10.1. The molecular formula is C18H16N4O4. The molecule has 26 heavy (non-hydrogen) atoms. The van der Waals surface area contributed by atoms with Crippen molar-refractivity contribution in [1.82, 2.24) is 5.32 Å². The molecule has 2 amide bonds. The Hall–Kier alpha value is -3.42. The second-order valence-electron chi connectivity index (χ2n) is 6.42. The van der Waals surface area contributed by atoms with Crippen molar-refractivity contribution in [1.29, 1.82) is 0 Å². The van der Waals surface area contributed by atoms with Gasteiger partial charge in [0.05, 0.1) is 4.92 Å². The van der Waals surface area contributed by atoms with Crippen LogP contribution in [-0.4, -0.2) is 22.8 Å². The Morgan fingerprint density at radius 2 is 2.00 bits per heavy atom. The van der Waals surface area contributed by atoms with Gasteiger partial charge in [0.1, 0.15) is 5.69 Å². The fraction of sp³-hybridized carbons (Fsp3) is 0.222. The topological polar surface area (TPSA) is 113 Å². The Labute approximate surface area is 148 Å². The smallest absolute Gasteiger partial charge is 0.293 e. The molecule has 132 valence electrons. The third-order valence-corrected chi connectivity index (χ3v) is 4.45. The molecule has 2 aliphatic rings. The van der Waals surface area contributed by atoms with Crippen LogP contribution in [0.15, 0.2) is 36.4 Å². The minimum atomic E-state index is -0.499. The van der Waals surface area contributed by atoms with Crippen LogP contribution in [0.3, 0.4) is 0 Å². The van der Waals surface area contributed by atoms with E-state index in [4.69, 9.17) is 0 Å². The number of carbonyl (C=O) groups excluding carboxylic acids is 2. The third-order valence-electron chi connectivity index (χ3n) is 4.45. The number of carbonyl (C=O) groups is 2. The average molecular weight is 352 g/mol. The fourth-order valence-corrected chi connectivity index (χ4v) is 2.89. The molecule has 0 atom stereocenters. The first-order chi connectivity index (χ1) is 12.5. The second-order valence-corrected chi connectivity index (χ2v) is 6.42. The van der Waals surface area contributed by atoms with Crippen LogP contribution < -0.4 is 16.0 Å². The first-order valence-electron chi connectivity index (χ1n) is 8.29. The van der Waals surface area contributed by atoms with Crippen molar-refractivity contribution in [3.63, 3.8) is 0 Å². The summed E-state index contributed by atoms with van der Waals surface area (Å²) in [4.78, 5) is 35.0. The van der Waals surface area contributed by atoms with Crippen LogP contribution in [0.2, 0.25) is 0 Å². The zero-order valence-corrected chi connectivity index (χ0v) is 13.7. The van der Waals surface area contributed by atoms with Crippen molar-refractivity contribution in [3.05, 3.63) is 63.2 Å². The van der Waals surface area contributed by atoms with E-state index >= 15 is 0 Å². The van der Waals surface area contributed by atoms with E-state index in [2.05, 4.69) is 16.0 Å². The van der Waals surface area contributed by atoms with Crippen LogP contribution in [0.5, 0.6) is 0 Å². The van der Waals surface area contributed by atoms with E-state index in [-0.39, 0.29) is 23.2 Å². The van der Waals surface area contributed by atoms with Gasteiger partial charge in [0.15, 0.2) is 0 Å². The number of hydrogen-bond donors (Lipinski definition) is 3. The number of nitrogens with zero attached hydrogens (tertiary/aromatic N) is 1. The molecule has 1 saturated carbocycles. The Bertz CT molecular complexity index is 937. The minimum absolute atomic E-state index is 0.127. The SMILES string of the molecule is O=C(Nc1ccc2c(c1)C(=O)NC2)c1ccc(NC2CC2)c([N+](=O)[O-])c1. The van der Waals surface area contributed by atoms with Crippen molar-refractivity contribution in [2.45, 2.75) is 25.4 Å².